The lowest BCUT2D eigenvalue weighted by Gasteiger charge is -2.36. The lowest BCUT2D eigenvalue weighted by atomic mass is 10.0. The van der Waals surface area contributed by atoms with Crippen LogP contribution >= 0.6 is 0 Å². The summed E-state index contributed by atoms with van der Waals surface area (Å²) in [5, 5.41) is 0. The molecule has 0 aliphatic carbocycles. The van der Waals surface area contributed by atoms with Gasteiger partial charge in [-0.05, 0) is 64.7 Å². The highest BCUT2D eigenvalue weighted by Gasteiger charge is 2.33. The smallest absolute Gasteiger partial charge is 0.406 e. The largest absolute Gasteiger partial charge is 0.573 e. The first kappa shape index (κ1) is 43.3. The maximum Gasteiger partial charge on any atom is 0.573 e. The number of nitrogens with zero attached hydrogens (tertiary/aromatic N) is 4. The molecule has 15 heteroatoms. The molecule has 0 spiro atoms. The molecule has 1 fully saturated rings. The van der Waals surface area contributed by atoms with Crippen molar-refractivity contribution in [1.29, 1.82) is 0 Å². The van der Waals surface area contributed by atoms with Crippen LogP contribution in [0.4, 0.5) is 32.0 Å². The van der Waals surface area contributed by atoms with Gasteiger partial charge in [-0.25, -0.2) is 0 Å². The van der Waals surface area contributed by atoms with E-state index in [1.165, 1.54) is 52.3 Å². The number of amides is 3. The van der Waals surface area contributed by atoms with Crippen molar-refractivity contribution in [3.05, 3.63) is 137 Å². The molecule has 1 saturated heterocycles. The Morgan fingerprint density at radius 2 is 1.45 bits per heavy atom. The predicted octanol–water partition coefficient (Wildman–Crippen LogP) is 7.60. The SMILES string of the molecule is CC(=O)N1CCN(c2ccc(CN(C(=O)C=Cc3ccc(C(F)(F)F)cc3)[C@@H](Cc3ccccc3)C(=O)N(C)CCOCc3cccc(OC(F)(F)F)c3)cc2)CC1. The van der Waals surface area contributed by atoms with Gasteiger partial charge >= 0.3 is 12.5 Å². The van der Waals surface area contributed by atoms with Gasteiger partial charge in [-0.2, -0.15) is 13.2 Å². The number of hydrogen-bond donors (Lipinski definition) is 0. The third-order valence-corrected chi connectivity index (χ3v) is 9.60. The maximum absolute atomic E-state index is 14.4. The highest BCUT2D eigenvalue weighted by molar-refractivity contribution is 5.95. The zero-order valence-corrected chi connectivity index (χ0v) is 32.0. The van der Waals surface area contributed by atoms with Gasteiger partial charge in [0.05, 0.1) is 18.8 Å². The fourth-order valence-corrected chi connectivity index (χ4v) is 6.43. The maximum atomic E-state index is 14.4. The van der Waals surface area contributed by atoms with Gasteiger partial charge in [-0.3, -0.25) is 14.4 Å². The molecule has 4 aromatic carbocycles. The summed E-state index contributed by atoms with van der Waals surface area (Å²) >= 11 is 0. The molecule has 0 saturated carbocycles. The number of anilines is 1. The topological polar surface area (TPSA) is 82.6 Å². The number of rotatable bonds is 15. The Hall–Kier alpha value is -5.83. The Kier molecular flexibility index (Phi) is 14.6. The van der Waals surface area contributed by atoms with Gasteiger partial charge in [0, 0.05) is 71.4 Å². The van der Waals surface area contributed by atoms with E-state index in [9.17, 15) is 40.7 Å². The first-order valence-electron chi connectivity index (χ1n) is 18.5. The van der Waals surface area contributed by atoms with Gasteiger partial charge < -0.3 is 29.1 Å². The molecule has 58 heavy (non-hydrogen) atoms. The summed E-state index contributed by atoms with van der Waals surface area (Å²) < 4.78 is 87.4. The number of hydrogen-bond acceptors (Lipinski definition) is 6. The predicted molar refractivity (Wildman–Crippen MR) is 206 cm³/mol. The van der Waals surface area contributed by atoms with Crippen LogP contribution in [0.5, 0.6) is 5.75 Å². The highest BCUT2D eigenvalue weighted by atomic mass is 19.4. The van der Waals surface area contributed by atoms with Crippen LogP contribution in [0.25, 0.3) is 6.08 Å². The Morgan fingerprint density at radius 3 is 2.07 bits per heavy atom. The number of carbonyl (C=O) groups excluding carboxylic acids is 3. The highest BCUT2D eigenvalue weighted by Crippen LogP contribution is 2.29. The van der Waals surface area contributed by atoms with Crippen LogP contribution in [0.3, 0.4) is 0 Å². The Labute approximate surface area is 333 Å². The van der Waals surface area contributed by atoms with Gasteiger partial charge in [0.1, 0.15) is 11.8 Å². The molecule has 3 amide bonds. The standard InChI is InChI=1S/C43H44F6N4O5/c1-31(54)51-21-23-52(24-22-51)37-18-13-34(14-19-37)29-53(40(55)20-15-32-11-16-36(17-12-32)42(44,45)46)39(28-33-7-4-3-5-8-33)41(56)50(2)25-26-57-30-35-9-6-10-38(27-35)58-43(47,48)49/h3-20,27,39H,21-26,28-30H2,1-2H3/t39-/m0/s1. The van der Waals surface area contributed by atoms with Crippen molar-refractivity contribution >= 4 is 29.5 Å². The van der Waals surface area contributed by atoms with E-state index in [0.717, 1.165) is 28.9 Å². The van der Waals surface area contributed by atoms with E-state index in [2.05, 4.69) is 9.64 Å². The number of halogens is 6. The van der Waals surface area contributed by atoms with Gasteiger partial charge in [0.2, 0.25) is 17.7 Å². The van der Waals surface area contributed by atoms with E-state index in [1.807, 2.05) is 54.6 Å². The van der Waals surface area contributed by atoms with Crippen molar-refractivity contribution in [2.45, 2.75) is 45.1 Å². The lowest BCUT2D eigenvalue weighted by Crippen LogP contribution is -2.51. The van der Waals surface area contributed by atoms with Crippen molar-refractivity contribution < 1.29 is 50.2 Å². The van der Waals surface area contributed by atoms with Crippen LogP contribution in [0.2, 0.25) is 0 Å². The summed E-state index contributed by atoms with van der Waals surface area (Å²) in [6, 6.07) is 25.4. The molecule has 1 heterocycles. The lowest BCUT2D eigenvalue weighted by molar-refractivity contribution is -0.274. The zero-order valence-electron chi connectivity index (χ0n) is 32.0. The fraction of sp³-hybridized carbons (Fsp3) is 0.326. The number of carbonyl (C=O) groups is 3. The summed E-state index contributed by atoms with van der Waals surface area (Å²) in [5.74, 6) is -1.33. The summed E-state index contributed by atoms with van der Waals surface area (Å²) in [5.41, 5.74) is 2.38. The van der Waals surface area contributed by atoms with Crippen LogP contribution in [0, 0.1) is 0 Å². The second-order valence-electron chi connectivity index (χ2n) is 13.8. The summed E-state index contributed by atoms with van der Waals surface area (Å²) in [7, 11) is 1.56. The van der Waals surface area contributed by atoms with Gasteiger partial charge in [0.15, 0.2) is 0 Å². The first-order valence-corrected chi connectivity index (χ1v) is 18.5. The van der Waals surface area contributed by atoms with Crippen LogP contribution < -0.4 is 9.64 Å². The Morgan fingerprint density at radius 1 is 0.793 bits per heavy atom. The quantitative estimate of drug-likeness (QED) is 0.0700. The van der Waals surface area contributed by atoms with Crippen LogP contribution in [0.1, 0.15) is 34.7 Å². The normalized spacial score (nSPS) is 14.0. The zero-order chi connectivity index (χ0) is 41.9. The second-order valence-corrected chi connectivity index (χ2v) is 13.8. The van der Waals surface area contributed by atoms with Crippen molar-refractivity contribution in [2.75, 3.05) is 51.3 Å². The monoisotopic (exact) mass is 810 g/mol. The molecule has 0 aromatic heterocycles. The van der Waals surface area contributed by atoms with E-state index in [4.69, 9.17) is 4.74 Å². The molecule has 9 nitrogen and oxygen atoms in total. The second kappa shape index (κ2) is 19.5. The summed E-state index contributed by atoms with van der Waals surface area (Å²) in [6.07, 6.45) is -6.60. The van der Waals surface area contributed by atoms with E-state index >= 15 is 0 Å². The molecule has 308 valence electrons. The third-order valence-electron chi connectivity index (χ3n) is 9.60. The average Bonchev–Trinajstić information content (AvgIpc) is 3.19. The number of benzene rings is 4. The minimum absolute atomic E-state index is 0.0124. The minimum Gasteiger partial charge on any atom is -0.406 e. The molecule has 5 rings (SSSR count). The molecular weight excluding hydrogens is 766 g/mol. The van der Waals surface area contributed by atoms with Gasteiger partial charge in [0.25, 0.3) is 0 Å². The van der Waals surface area contributed by atoms with E-state index in [-0.39, 0.29) is 44.4 Å². The fourth-order valence-electron chi connectivity index (χ4n) is 6.43. The van der Waals surface area contributed by atoms with Gasteiger partial charge in [-0.1, -0.05) is 66.7 Å². The van der Waals surface area contributed by atoms with E-state index in [0.29, 0.717) is 37.3 Å². The number of piperazine rings is 1. The summed E-state index contributed by atoms with van der Waals surface area (Å²) in [4.78, 5) is 47.1. The molecule has 4 aromatic rings. The Bertz CT molecular complexity index is 2000. The molecule has 0 unspecified atom stereocenters. The molecule has 1 aliphatic rings. The molecular formula is C43H44F6N4O5. The number of likely N-dealkylation sites (N-methyl/N-ethyl adjacent to an activating group) is 1. The van der Waals surface area contributed by atoms with Crippen molar-refractivity contribution in [3.63, 3.8) is 0 Å². The Balaban J connectivity index is 1.36. The molecule has 0 N–H and O–H groups in total. The van der Waals surface area contributed by atoms with Crippen molar-refractivity contribution in [3.8, 4) is 5.75 Å². The number of ether oxygens (including phenoxy) is 2. The van der Waals surface area contributed by atoms with Gasteiger partial charge in [-0.15, -0.1) is 13.2 Å². The minimum atomic E-state index is -4.84. The van der Waals surface area contributed by atoms with E-state index < -0.39 is 36.0 Å². The third kappa shape index (κ3) is 12.8. The average molecular weight is 811 g/mol. The van der Waals surface area contributed by atoms with Crippen molar-refractivity contribution in [1.82, 2.24) is 14.7 Å². The van der Waals surface area contributed by atoms with Crippen molar-refractivity contribution in [2.24, 2.45) is 0 Å². The number of alkyl halides is 6. The molecule has 0 bridgehead atoms. The summed E-state index contributed by atoms with van der Waals surface area (Å²) in [6.45, 7) is 4.10. The molecule has 1 atom stereocenters. The van der Waals surface area contributed by atoms with Crippen LogP contribution in [0.15, 0.2) is 109 Å². The van der Waals surface area contributed by atoms with Crippen LogP contribution in [-0.2, 0) is 44.9 Å². The molecule has 0 radical (unpaired) electrons. The molecule has 1 aliphatic heterocycles. The first-order chi connectivity index (χ1) is 27.6. The van der Waals surface area contributed by atoms with E-state index in [1.54, 1.807) is 24.9 Å². The van der Waals surface area contributed by atoms with Crippen LogP contribution in [-0.4, -0.2) is 91.2 Å².